The van der Waals surface area contributed by atoms with Crippen molar-refractivity contribution in [1.82, 2.24) is 4.98 Å². The number of nitrogen functional groups attached to an aromatic ring is 1. The average Bonchev–Trinajstić information content (AvgIpc) is 2.72. The Morgan fingerprint density at radius 3 is 2.89 bits per heavy atom. The van der Waals surface area contributed by atoms with E-state index in [0.717, 1.165) is 10.4 Å². The number of rotatable bonds is 1. The molecule has 1 atom stereocenters. The highest BCUT2D eigenvalue weighted by molar-refractivity contribution is 7.16. The first-order chi connectivity index (χ1) is 9.04. The SMILES string of the molecule is Nc1nc2c(s1)[C@H](c1ccc(Cl)c(Cl)c1)CC(=O)N2. The summed E-state index contributed by atoms with van der Waals surface area (Å²) in [7, 11) is 0. The highest BCUT2D eigenvalue weighted by atomic mass is 35.5. The first-order valence-corrected chi connectivity index (χ1v) is 7.13. The highest BCUT2D eigenvalue weighted by Crippen LogP contribution is 2.42. The molecule has 7 heteroatoms. The Morgan fingerprint density at radius 2 is 2.16 bits per heavy atom. The number of anilines is 2. The van der Waals surface area contributed by atoms with Gasteiger partial charge in [0.25, 0.3) is 0 Å². The van der Waals surface area contributed by atoms with Crippen molar-refractivity contribution in [2.45, 2.75) is 12.3 Å². The summed E-state index contributed by atoms with van der Waals surface area (Å²) in [6, 6.07) is 5.39. The Morgan fingerprint density at radius 1 is 1.37 bits per heavy atom. The third-order valence-electron chi connectivity index (χ3n) is 2.98. The van der Waals surface area contributed by atoms with Gasteiger partial charge < -0.3 is 11.1 Å². The Labute approximate surface area is 123 Å². The summed E-state index contributed by atoms with van der Waals surface area (Å²) in [6.07, 6.45) is 0.354. The van der Waals surface area contributed by atoms with E-state index < -0.39 is 0 Å². The van der Waals surface area contributed by atoms with Crippen LogP contribution in [0, 0.1) is 0 Å². The lowest BCUT2D eigenvalue weighted by atomic mass is 9.92. The van der Waals surface area contributed by atoms with Crippen molar-refractivity contribution in [3.05, 3.63) is 38.7 Å². The van der Waals surface area contributed by atoms with Gasteiger partial charge in [0.15, 0.2) is 5.13 Å². The summed E-state index contributed by atoms with van der Waals surface area (Å²) in [4.78, 5) is 16.8. The number of nitrogens with two attached hydrogens (primary N) is 1. The first kappa shape index (κ1) is 12.7. The predicted molar refractivity (Wildman–Crippen MR) is 78.1 cm³/mol. The molecule has 0 bridgehead atoms. The van der Waals surface area contributed by atoms with Crippen LogP contribution in [0.15, 0.2) is 18.2 Å². The van der Waals surface area contributed by atoms with E-state index in [1.165, 1.54) is 11.3 Å². The molecule has 4 nitrogen and oxygen atoms in total. The lowest BCUT2D eigenvalue weighted by Gasteiger charge is -2.21. The van der Waals surface area contributed by atoms with Crippen molar-refractivity contribution < 1.29 is 4.79 Å². The van der Waals surface area contributed by atoms with Crippen LogP contribution in [0.25, 0.3) is 0 Å². The number of hydrogen-bond acceptors (Lipinski definition) is 4. The molecule has 19 heavy (non-hydrogen) atoms. The Hall–Kier alpha value is -1.30. The van der Waals surface area contributed by atoms with E-state index in [1.54, 1.807) is 12.1 Å². The van der Waals surface area contributed by atoms with Gasteiger partial charge in [-0.05, 0) is 17.7 Å². The second-order valence-corrected chi connectivity index (χ2v) is 6.12. The molecule has 1 aliphatic rings. The van der Waals surface area contributed by atoms with Crippen molar-refractivity contribution in [3.63, 3.8) is 0 Å². The van der Waals surface area contributed by atoms with Gasteiger partial charge in [-0.2, -0.15) is 0 Å². The monoisotopic (exact) mass is 313 g/mol. The van der Waals surface area contributed by atoms with E-state index in [-0.39, 0.29) is 11.8 Å². The molecular weight excluding hydrogens is 305 g/mol. The van der Waals surface area contributed by atoms with Crippen LogP contribution in [-0.4, -0.2) is 10.9 Å². The molecule has 98 valence electrons. The standard InChI is InChI=1S/C12H9Cl2N3OS/c13-7-2-1-5(3-8(7)14)6-4-9(18)16-11-10(6)19-12(15)17-11/h1-3,6H,4H2,(H2,15,17)(H,16,18)/t6-/m0/s1. The third-order valence-corrected chi connectivity index (χ3v) is 4.72. The lowest BCUT2D eigenvalue weighted by molar-refractivity contribution is -0.116. The van der Waals surface area contributed by atoms with Crippen molar-refractivity contribution in [3.8, 4) is 0 Å². The third kappa shape index (κ3) is 2.29. The minimum absolute atomic E-state index is 0.0751. The molecule has 3 N–H and O–H groups in total. The van der Waals surface area contributed by atoms with E-state index in [2.05, 4.69) is 10.3 Å². The van der Waals surface area contributed by atoms with Gasteiger partial charge in [-0.15, -0.1) is 0 Å². The van der Waals surface area contributed by atoms with Gasteiger partial charge in [-0.25, -0.2) is 4.98 Å². The number of amides is 1. The van der Waals surface area contributed by atoms with Crippen LogP contribution in [0.4, 0.5) is 10.9 Å². The van der Waals surface area contributed by atoms with Crippen molar-refractivity contribution >= 4 is 51.4 Å². The zero-order valence-electron chi connectivity index (χ0n) is 9.61. The number of fused-ring (bicyclic) bond motifs is 1. The lowest BCUT2D eigenvalue weighted by Crippen LogP contribution is -2.22. The maximum atomic E-state index is 11.7. The number of carbonyl (C=O) groups is 1. The fourth-order valence-corrected chi connectivity index (χ4v) is 3.36. The maximum absolute atomic E-state index is 11.7. The van der Waals surface area contributed by atoms with Crippen LogP contribution in [-0.2, 0) is 4.79 Å². The summed E-state index contributed by atoms with van der Waals surface area (Å²) < 4.78 is 0. The van der Waals surface area contributed by atoms with Gasteiger partial charge in [0.05, 0.1) is 14.9 Å². The fraction of sp³-hybridized carbons (Fsp3) is 0.167. The van der Waals surface area contributed by atoms with Gasteiger partial charge in [-0.3, -0.25) is 4.79 Å². The second-order valence-electron chi connectivity index (χ2n) is 4.24. The molecule has 1 amide bonds. The largest absolute Gasteiger partial charge is 0.375 e. The molecule has 0 aliphatic carbocycles. The van der Waals surface area contributed by atoms with Crippen LogP contribution in [0.3, 0.4) is 0 Å². The van der Waals surface area contributed by atoms with E-state index in [0.29, 0.717) is 27.4 Å². The summed E-state index contributed by atoms with van der Waals surface area (Å²) in [5.41, 5.74) is 6.65. The second kappa shape index (κ2) is 4.67. The number of nitrogens with zero attached hydrogens (tertiary/aromatic N) is 1. The van der Waals surface area contributed by atoms with Gasteiger partial charge >= 0.3 is 0 Å². The smallest absolute Gasteiger partial charge is 0.226 e. The Balaban J connectivity index is 2.09. The average molecular weight is 314 g/mol. The minimum atomic E-state index is -0.0756. The number of carbonyl (C=O) groups excluding carboxylic acids is 1. The predicted octanol–water partition coefficient (Wildman–Crippen LogP) is 3.51. The molecule has 0 fully saturated rings. The molecule has 0 saturated heterocycles. The molecule has 1 aromatic heterocycles. The van der Waals surface area contributed by atoms with Crippen LogP contribution in [0.1, 0.15) is 22.8 Å². The zero-order valence-corrected chi connectivity index (χ0v) is 11.9. The molecule has 3 rings (SSSR count). The number of aromatic nitrogens is 1. The molecule has 2 heterocycles. The van der Waals surface area contributed by atoms with Crippen molar-refractivity contribution in [2.24, 2.45) is 0 Å². The molecule has 1 aromatic carbocycles. The normalized spacial score (nSPS) is 18.0. The number of thiazole rings is 1. The maximum Gasteiger partial charge on any atom is 0.226 e. The van der Waals surface area contributed by atoms with E-state index in [1.807, 2.05) is 6.07 Å². The van der Waals surface area contributed by atoms with E-state index in [4.69, 9.17) is 28.9 Å². The number of nitrogens with one attached hydrogen (secondary N) is 1. The van der Waals surface area contributed by atoms with Gasteiger partial charge in [-0.1, -0.05) is 40.6 Å². The summed E-state index contributed by atoms with van der Waals surface area (Å²) in [6.45, 7) is 0. The first-order valence-electron chi connectivity index (χ1n) is 5.55. The van der Waals surface area contributed by atoms with Gasteiger partial charge in [0, 0.05) is 12.3 Å². The van der Waals surface area contributed by atoms with Crippen LogP contribution in [0.2, 0.25) is 10.0 Å². The minimum Gasteiger partial charge on any atom is -0.375 e. The summed E-state index contributed by atoms with van der Waals surface area (Å²) in [5.74, 6) is 0.400. The summed E-state index contributed by atoms with van der Waals surface area (Å²) >= 11 is 13.3. The fourth-order valence-electron chi connectivity index (χ4n) is 2.13. The zero-order chi connectivity index (χ0) is 13.6. The molecule has 0 unspecified atom stereocenters. The van der Waals surface area contributed by atoms with Gasteiger partial charge in [0.1, 0.15) is 5.82 Å². The Kier molecular flexibility index (Phi) is 3.12. The van der Waals surface area contributed by atoms with Gasteiger partial charge in [0.2, 0.25) is 5.91 Å². The number of halogens is 2. The van der Waals surface area contributed by atoms with Crippen LogP contribution < -0.4 is 11.1 Å². The molecule has 1 aliphatic heterocycles. The molecule has 0 saturated carbocycles. The topological polar surface area (TPSA) is 68.0 Å². The van der Waals surface area contributed by atoms with Crippen molar-refractivity contribution in [2.75, 3.05) is 11.1 Å². The quantitative estimate of drug-likeness (QED) is 0.846. The summed E-state index contributed by atoms with van der Waals surface area (Å²) in [5, 5.41) is 4.14. The van der Waals surface area contributed by atoms with Crippen LogP contribution >= 0.6 is 34.5 Å². The van der Waals surface area contributed by atoms with Crippen LogP contribution in [0.5, 0.6) is 0 Å². The molecule has 0 radical (unpaired) electrons. The molecule has 0 spiro atoms. The van der Waals surface area contributed by atoms with E-state index >= 15 is 0 Å². The molecular formula is C12H9Cl2N3OS. The highest BCUT2D eigenvalue weighted by Gasteiger charge is 2.30. The Bertz CT molecular complexity index is 671. The van der Waals surface area contributed by atoms with Crippen molar-refractivity contribution in [1.29, 1.82) is 0 Å². The number of benzene rings is 1. The molecule has 2 aromatic rings. The number of hydrogen-bond donors (Lipinski definition) is 2. The van der Waals surface area contributed by atoms with E-state index in [9.17, 15) is 4.79 Å².